The maximum Gasteiger partial charge on any atom is 0.432 e. The number of cyclic esters (lactones) is 1. The van der Waals surface area contributed by atoms with E-state index in [0.717, 1.165) is 89.9 Å². The minimum Gasteiger partial charge on any atom is -0.457 e. The maximum absolute atomic E-state index is 15.1. The van der Waals surface area contributed by atoms with Crippen LogP contribution in [0.2, 0.25) is 0 Å². The average molecular weight is 1030 g/mol. The van der Waals surface area contributed by atoms with Crippen LogP contribution in [0.3, 0.4) is 0 Å². The van der Waals surface area contributed by atoms with Gasteiger partial charge in [0.1, 0.15) is 24.1 Å². The molecule has 3 heterocycles. The summed E-state index contributed by atoms with van der Waals surface area (Å²) in [7, 11) is 1.53. The summed E-state index contributed by atoms with van der Waals surface area (Å²) in [6.45, 7) is 3.93. The zero-order valence-electron chi connectivity index (χ0n) is 42.2. The number of hydrogen-bond donors (Lipinski definition) is 0. The smallest absolute Gasteiger partial charge is 0.432 e. The van der Waals surface area contributed by atoms with Crippen LogP contribution in [0.25, 0.3) is 0 Å². The van der Waals surface area contributed by atoms with Crippen LogP contribution in [-0.2, 0) is 63.5 Å². The molecule has 3 aliphatic rings. The molecule has 72 heavy (non-hydrogen) atoms. The monoisotopic (exact) mass is 1020 g/mol. The summed E-state index contributed by atoms with van der Waals surface area (Å²) in [6.07, 6.45) is -1.01. The Morgan fingerprint density at radius 1 is 0.625 bits per heavy atom. The van der Waals surface area contributed by atoms with Crippen LogP contribution in [0.4, 0.5) is 26.3 Å². The third kappa shape index (κ3) is 15.4. The van der Waals surface area contributed by atoms with Gasteiger partial charge in [0.15, 0.2) is 0 Å². The summed E-state index contributed by atoms with van der Waals surface area (Å²) < 4.78 is 130. The lowest BCUT2D eigenvalue weighted by Gasteiger charge is -2.36. The maximum atomic E-state index is 15.1. The molecule has 0 aliphatic carbocycles. The van der Waals surface area contributed by atoms with E-state index in [9.17, 15) is 19.2 Å². The molecule has 0 radical (unpaired) electrons. The first-order chi connectivity index (χ1) is 34.4. The van der Waals surface area contributed by atoms with Gasteiger partial charge in [-0.3, -0.25) is 4.79 Å². The summed E-state index contributed by atoms with van der Waals surface area (Å²) in [5.74, 6) is -3.91. The molecule has 0 amide bonds. The fraction of sp³-hybridized carbons (Fsp3) is 0.673. The number of benzene rings is 2. The van der Waals surface area contributed by atoms with Crippen molar-refractivity contribution in [1.29, 1.82) is 0 Å². The van der Waals surface area contributed by atoms with E-state index in [-0.39, 0.29) is 81.4 Å². The Balaban J connectivity index is 1.32. The van der Waals surface area contributed by atoms with E-state index in [1.54, 1.807) is 13.0 Å². The quantitative estimate of drug-likeness (QED) is 0.0320. The first kappa shape index (κ1) is 58.6. The number of unbranched alkanes of at least 4 members (excludes halogenated alkanes) is 10. The van der Waals surface area contributed by atoms with E-state index in [1.165, 1.54) is 49.2 Å². The number of hydrogen-bond acceptors (Lipinski definition) is 11. The molecule has 402 valence electrons. The summed E-state index contributed by atoms with van der Waals surface area (Å²) in [5, 5.41) is 0. The van der Waals surface area contributed by atoms with Crippen LogP contribution in [0, 0.1) is 0 Å². The second-order valence-corrected chi connectivity index (χ2v) is 19.5. The fourth-order valence-electron chi connectivity index (χ4n) is 10.3. The average Bonchev–Trinajstić information content (AvgIpc) is 3.96. The Labute approximate surface area is 420 Å². The van der Waals surface area contributed by atoms with Gasteiger partial charge in [0.25, 0.3) is 11.2 Å². The lowest BCUT2D eigenvalue weighted by atomic mass is 9.92. The largest absolute Gasteiger partial charge is 0.457 e. The van der Waals surface area contributed by atoms with Crippen molar-refractivity contribution in [3.05, 3.63) is 83.4 Å². The minimum atomic E-state index is -5.29. The number of halogens is 6. The van der Waals surface area contributed by atoms with E-state index in [2.05, 4.69) is 6.92 Å². The van der Waals surface area contributed by atoms with Crippen LogP contribution in [-0.4, -0.2) is 93.0 Å². The number of ether oxygens (including phenoxy) is 7. The van der Waals surface area contributed by atoms with Crippen molar-refractivity contribution in [2.24, 2.45) is 0 Å². The lowest BCUT2D eigenvalue weighted by molar-refractivity contribution is -0.280. The lowest BCUT2D eigenvalue weighted by Crippen LogP contribution is -2.53. The van der Waals surface area contributed by atoms with E-state index < -0.39 is 71.0 Å². The van der Waals surface area contributed by atoms with E-state index in [0.29, 0.717) is 31.3 Å². The summed E-state index contributed by atoms with van der Waals surface area (Å²) in [6, 6.07) is 12.8. The highest BCUT2D eigenvalue weighted by molar-refractivity contribution is 5.91. The molecule has 9 atom stereocenters. The number of Topliss-reactive ketones (excluding diaryl/α,β-unsaturated/α-hetero) is 1. The molecule has 0 aromatic heterocycles. The first-order valence-electron chi connectivity index (χ1n) is 25.9. The molecule has 2 saturated heterocycles. The number of methoxy groups -OCH3 is 2. The van der Waals surface area contributed by atoms with Crippen molar-refractivity contribution < 1.29 is 78.7 Å². The van der Waals surface area contributed by atoms with Crippen molar-refractivity contribution in [1.82, 2.24) is 0 Å². The van der Waals surface area contributed by atoms with Gasteiger partial charge in [-0.15, -0.1) is 0 Å². The van der Waals surface area contributed by atoms with Crippen LogP contribution < -0.4 is 0 Å². The first-order valence-corrected chi connectivity index (χ1v) is 25.9. The van der Waals surface area contributed by atoms with Gasteiger partial charge in [0.2, 0.25) is 0 Å². The summed E-state index contributed by atoms with van der Waals surface area (Å²) >= 11 is 0. The topological polar surface area (TPSA) is 133 Å². The molecule has 0 saturated carbocycles. The Morgan fingerprint density at radius 3 is 1.53 bits per heavy atom. The molecule has 0 bridgehead atoms. The van der Waals surface area contributed by atoms with Crippen molar-refractivity contribution in [2.75, 3.05) is 14.2 Å². The molecule has 5 rings (SSSR count). The predicted molar refractivity (Wildman–Crippen MR) is 255 cm³/mol. The zero-order chi connectivity index (χ0) is 52.4. The van der Waals surface area contributed by atoms with Crippen molar-refractivity contribution >= 4 is 23.7 Å². The number of rotatable bonds is 30. The van der Waals surface area contributed by atoms with Crippen LogP contribution in [0.1, 0.15) is 166 Å². The normalized spacial score (nSPS) is 23.1. The molecule has 0 N–H and O–H groups in total. The number of carbonyl (C=O) groups excluding carboxylic acids is 4. The van der Waals surface area contributed by atoms with E-state index in [1.807, 2.05) is 0 Å². The Kier molecular flexibility index (Phi) is 22.6. The molecule has 2 aromatic rings. The van der Waals surface area contributed by atoms with Crippen LogP contribution >= 0.6 is 0 Å². The highest BCUT2D eigenvalue weighted by Crippen LogP contribution is 2.46. The van der Waals surface area contributed by atoms with Crippen LogP contribution in [0.15, 0.2) is 72.3 Å². The van der Waals surface area contributed by atoms with Crippen molar-refractivity contribution in [3.8, 4) is 0 Å². The number of alkyl halides is 6. The highest BCUT2D eigenvalue weighted by atomic mass is 19.4. The second kappa shape index (κ2) is 27.8. The third-order valence-corrected chi connectivity index (χ3v) is 14.1. The summed E-state index contributed by atoms with van der Waals surface area (Å²) in [5.41, 5.74) is -7.47. The van der Waals surface area contributed by atoms with Gasteiger partial charge in [0, 0.05) is 50.2 Å². The summed E-state index contributed by atoms with van der Waals surface area (Å²) in [4.78, 5) is 53.6. The molecule has 17 heteroatoms. The number of esters is 3. The molecule has 2 fully saturated rings. The Morgan fingerprint density at radius 2 is 1.08 bits per heavy atom. The van der Waals surface area contributed by atoms with Gasteiger partial charge in [-0.05, 0) is 77.2 Å². The molecule has 2 aromatic carbocycles. The van der Waals surface area contributed by atoms with Gasteiger partial charge in [0.05, 0.1) is 24.4 Å². The SMILES string of the molecule is CCCCCCCCCCCC[C@@H](OC(=O)[C@](OC)(c1ccccc1)C(F)(F)F)[C@H]1CC[C@H]([C@@H](CCCCC(=O)C[C@@H]2CCC[C@H](CC3=C[C@H](C)OC3=O)O2)OC(=O)[C@](OC)(c2ccccc2)C(F)(F)F)O1. The minimum absolute atomic E-state index is 0.0494. The Hall–Kier alpha value is -4.32. The molecular weight excluding hydrogens is 951 g/mol. The van der Waals surface area contributed by atoms with Gasteiger partial charge in [-0.1, -0.05) is 125 Å². The highest BCUT2D eigenvalue weighted by Gasteiger charge is 2.66. The van der Waals surface area contributed by atoms with Crippen LogP contribution in [0.5, 0.6) is 0 Å². The van der Waals surface area contributed by atoms with E-state index >= 15 is 26.3 Å². The van der Waals surface area contributed by atoms with E-state index in [4.69, 9.17) is 33.2 Å². The standard InChI is InChI=1S/C55H74F6O11/c1-5-6-7-8-9-10-11-12-13-20-31-45(71-50(64)52(66-3,54(56,57)58)40-24-16-14-17-25-40)47-33-34-48(70-47)46(72-51(65)53(67-4,55(59,60)61)41-26-18-15-19-27-41)32-22-21-28-42(62)37-44-30-23-29-43(69-44)36-39-35-38(2)68-49(39)63/h14-19,24-27,35,38,43-48H,5-13,20-23,28-34,36-37H2,1-4H3/t38-,43+,44-,45+,46+,47+,48+,52+,53+/m0/s1. The molecular formula is C55H74F6O11. The molecule has 0 unspecified atom stereocenters. The zero-order valence-corrected chi connectivity index (χ0v) is 42.2. The Bertz CT molecular complexity index is 2030. The van der Waals surface area contributed by atoms with Crippen molar-refractivity contribution in [2.45, 2.75) is 221 Å². The molecule has 0 spiro atoms. The number of ketones is 1. The van der Waals surface area contributed by atoms with Crippen molar-refractivity contribution in [3.63, 3.8) is 0 Å². The van der Waals surface area contributed by atoms with Gasteiger partial charge >= 0.3 is 30.3 Å². The number of carbonyl (C=O) groups is 4. The third-order valence-electron chi connectivity index (χ3n) is 14.1. The fourth-order valence-corrected chi connectivity index (χ4v) is 10.3. The molecule has 3 aliphatic heterocycles. The molecule has 11 nitrogen and oxygen atoms in total. The second-order valence-electron chi connectivity index (χ2n) is 19.5. The van der Waals surface area contributed by atoms with Gasteiger partial charge in [-0.2, -0.15) is 26.3 Å². The van der Waals surface area contributed by atoms with Gasteiger partial charge in [-0.25, -0.2) is 14.4 Å². The predicted octanol–water partition coefficient (Wildman–Crippen LogP) is 12.6. The van der Waals surface area contributed by atoms with Gasteiger partial charge < -0.3 is 33.2 Å².